The number of carbonyl (C=O) groups is 2. The van der Waals surface area contributed by atoms with Crippen LogP contribution in [-0.4, -0.2) is 33.1 Å². The van der Waals surface area contributed by atoms with Crippen LogP contribution in [0.3, 0.4) is 0 Å². The number of rotatable bonds is 6. The molecule has 0 bridgehead atoms. The molecule has 5 rings (SSSR count). The van der Waals surface area contributed by atoms with Crippen LogP contribution >= 0.6 is 0 Å². The lowest BCUT2D eigenvalue weighted by Crippen LogP contribution is -2.48. The van der Waals surface area contributed by atoms with Crippen LogP contribution in [0.5, 0.6) is 11.5 Å². The van der Waals surface area contributed by atoms with Gasteiger partial charge in [0, 0.05) is 24.0 Å². The number of likely N-dealkylation sites (N-methyl/N-ethyl adjacent to an activating group) is 1. The Bertz CT molecular complexity index is 1450. The van der Waals surface area contributed by atoms with Gasteiger partial charge in [-0.05, 0) is 77.9 Å². The fourth-order valence-corrected chi connectivity index (χ4v) is 4.97. The Kier molecular flexibility index (Phi) is 6.83. The molecular weight excluding hydrogens is 483 g/mol. The van der Waals surface area contributed by atoms with Crippen LogP contribution in [0.25, 0.3) is 0 Å². The largest absolute Gasteiger partial charge is 0.497 e. The molecule has 192 valence electrons. The minimum atomic E-state index is -0.741. The quantitative estimate of drug-likeness (QED) is 0.320. The number of hydrogen-bond donors (Lipinski definition) is 0. The van der Waals surface area contributed by atoms with Gasteiger partial charge in [0.1, 0.15) is 17.3 Å². The van der Waals surface area contributed by atoms with Gasteiger partial charge in [-0.3, -0.25) is 14.5 Å². The molecule has 0 saturated carbocycles. The Morgan fingerprint density at radius 2 is 1.39 bits per heavy atom. The number of amides is 2. The second-order valence-electron chi connectivity index (χ2n) is 9.03. The van der Waals surface area contributed by atoms with E-state index in [2.05, 4.69) is 0 Å². The topological polar surface area (TPSA) is 59.1 Å². The van der Waals surface area contributed by atoms with Gasteiger partial charge in [0.25, 0.3) is 5.91 Å². The highest BCUT2D eigenvalue weighted by Crippen LogP contribution is 2.46. The molecule has 1 aliphatic heterocycles. The molecule has 6 nitrogen and oxygen atoms in total. The number of hydrogen-bond acceptors (Lipinski definition) is 4. The summed E-state index contributed by atoms with van der Waals surface area (Å²) in [6.07, 6.45) is 0. The maximum absolute atomic E-state index is 14.3. The van der Waals surface area contributed by atoms with Crippen molar-refractivity contribution in [3.05, 3.63) is 120 Å². The molecule has 2 amide bonds. The van der Waals surface area contributed by atoms with E-state index in [1.54, 1.807) is 62.6 Å². The van der Waals surface area contributed by atoms with Gasteiger partial charge in [0.2, 0.25) is 5.91 Å². The predicted octanol–water partition coefficient (Wildman–Crippen LogP) is 5.99. The van der Waals surface area contributed by atoms with E-state index in [1.807, 2.05) is 48.5 Å². The summed E-state index contributed by atoms with van der Waals surface area (Å²) >= 11 is 0. The SMILES string of the molecule is COc1ccc(C2C(C(=O)N(C)c3ccc(F)cc3)c3ccccc3C(=O)N2c2ccc(OC)cc2)cc1. The van der Waals surface area contributed by atoms with Crippen LogP contribution in [0.2, 0.25) is 0 Å². The number of methoxy groups -OCH3 is 2. The molecule has 1 heterocycles. The van der Waals surface area contributed by atoms with Gasteiger partial charge in [-0.25, -0.2) is 4.39 Å². The minimum absolute atomic E-state index is 0.208. The molecule has 0 radical (unpaired) electrons. The summed E-state index contributed by atoms with van der Waals surface area (Å²) in [6, 6.07) is 26.9. The van der Waals surface area contributed by atoms with Crippen LogP contribution in [0.1, 0.15) is 33.4 Å². The van der Waals surface area contributed by atoms with Crippen molar-refractivity contribution in [2.24, 2.45) is 0 Å². The van der Waals surface area contributed by atoms with E-state index in [0.717, 1.165) is 5.56 Å². The van der Waals surface area contributed by atoms with Crippen molar-refractivity contribution in [3.8, 4) is 11.5 Å². The third-order valence-electron chi connectivity index (χ3n) is 6.96. The van der Waals surface area contributed by atoms with E-state index in [-0.39, 0.29) is 17.6 Å². The van der Waals surface area contributed by atoms with Gasteiger partial charge in [0.15, 0.2) is 0 Å². The third-order valence-corrected chi connectivity index (χ3v) is 6.96. The first-order chi connectivity index (χ1) is 18.4. The maximum Gasteiger partial charge on any atom is 0.259 e. The number of fused-ring (bicyclic) bond motifs is 1. The van der Waals surface area contributed by atoms with Crippen LogP contribution in [-0.2, 0) is 4.79 Å². The maximum atomic E-state index is 14.3. The second kappa shape index (κ2) is 10.4. The summed E-state index contributed by atoms with van der Waals surface area (Å²) < 4.78 is 24.3. The van der Waals surface area contributed by atoms with Crippen molar-refractivity contribution in [2.45, 2.75) is 12.0 Å². The number of ether oxygens (including phenoxy) is 2. The van der Waals surface area contributed by atoms with E-state index in [0.29, 0.717) is 34.0 Å². The Morgan fingerprint density at radius 1 is 0.816 bits per heavy atom. The van der Waals surface area contributed by atoms with Crippen LogP contribution < -0.4 is 19.3 Å². The van der Waals surface area contributed by atoms with Crippen molar-refractivity contribution in [3.63, 3.8) is 0 Å². The zero-order valence-electron chi connectivity index (χ0n) is 21.3. The molecule has 0 aliphatic carbocycles. The van der Waals surface area contributed by atoms with Crippen molar-refractivity contribution in [2.75, 3.05) is 31.1 Å². The summed E-state index contributed by atoms with van der Waals surface area (Å²) in [5.74, 6) is -0.239. The summed E-state index contributed by atoms with van der Waals surface area (Å²) in [5, 5.41) is 0. The number of nitrogens with zero attached hydrogens (tertiary/aromatic N) is 2. The molecule has 0 N–H and O–H groups in total. The number of anilines is 2. The average molecular weight is 511 g/mol. The molecule has 0 aromatic heterocycles. The first kappa shape index (κ1) is 25.0. The lowest BCUT2D eigenvalue weighted by Gasteiger charge is -2.43. The van der Waals surface area contributed by atoms with Gasteiger partial charge in [-0.15, -0.1) is 0 Å². The van der Waals surface area contributed by atoms with Gasteiger partial charge in [-0.2, -0.15) is 0 Å². The Morgan fingerprint density at radius 3 is 2.00 bits per heavy atom. The number of benzene rings is 4. The van der Waals surface area contributed by atoms with Crippen LogP contribution in [0, 0.1) is 5.82 Å². The van der Waals surface area contributed by atoms with Crippen LogP contribution in [0.15, 0.2) is 97.1 Å². The molecule has 0 fully saturated rings. The first-order valence-electron chi connectivity index (χ1n) is 12.2. The molecule has 0 saturated heterocycles. The molecule has 1 aliphatic rings. The molecule has 2 unspecified atom stereocenters. The fourth-order valence-electron chi connectivity index (χ4n) is 4.97. The summed E-state index contributed by atoms with van der Waals surface area (Å²) in [6.45, 7) is 0. The van der Waals surface area contributed by atoms with Crippen LogP contribution in [0.4, 0.5) is 15.8 Å². The summed E-state index contributed by atoms with van der Waals surface area (Å²) in [5.41, 5.74) is 3.06. The normalized spacial score (nSPS) is 16.5. The van der Waals surface area contributed by atoms with E-state index in [4.69, 9.17) is 9.47 Å². The zero-order valence-corrected chi connectivity index (χ0v) is 21.3. The highest BCUT2D eigenvalue weighted by atomic mass is 19.1. The monoisotopic (exact) mass is 510 g/mol. The molecule has 4 aromatic rings. The minimum Gasteiger partial charge on any atom is -0.497 e. The number of halogens is 1. The Hall–Kier alpha value is -4.65. The average Bonchev–Trinajstić information content (AvgIpc) is 2.97. The Balaban J connectivity index is 1.70. The predicted molar refractivity (Wildman–Crippen MR) is 145 cm³/mol. The Labute approximate surface area is 220 Å². The van der Waals surface area contributed by atoms with Crippen molar-refractivity contribution in [1.29, 1.82) is 0 Å². The molecule has 4 aromatic carbocycles. The lowest BCUT2D eigenvalue weighted by atomic mass is 9.78. The van der Waals surface area contributed by atoms with Gasteiger partial charge < -0.3 is 14.4 Å². The van der Waals surface area contributed by atoms with Gasteiger partial charge >= 0.3 is 0 Å². The van der Waals surface area contributed by atoms with Crippen molar-refractivity contribution >= 4 is 23.2 Å². The standard InChI is InChI=1S/C31H27FN2O4/c1-33(22-12-10-21(32)11-13-22)31(36)28-26-6-4-5-7-27(26)30(35)34(23-14-18-25(38-3)19-15-23)29(28)20-8-16-24(37-2)17-9-20/h4-19,28-29H,1-3H3. The van der Waals surface area contributed by atoms with Gasteiger partial charge in [0.05, 0.1) is 26.2 Å². The van der Waals surface area contributed by atoms with E-state index in [1.165, 1.54) is 17.0 Å². The first-order valence-corrected chi connectivity index (χ1v) is 12.2. The molecule has 7 heteroatoms. The summed E-state index contributed by atoms with van der Waals surface area (Å²) in [7, 11) is 4.83. The van der Waals surface area contributed by atoms with Crippen molar-refractivity contribution in [1.82, 2.24) is 0 Å². The van der Waals surface area contributed by atoms with E-state index >= 15 is 0 Å². The molecule has 2 atom stereocenters. The smallest absolute Gasteiger partial charge is 0.259 e. The third kappa shape index (κ3) is 4.47. The van der Waals surface area contributed by atoms with E-state index in [9.17, 15) is 14.0 Å². The summed E-state index contributed by atoms with van der Waals surface area (Å²) in [4.78, 5) is 31.5. The highest BCUT2D eigenvalue weighted by Gasteiger charge is 2.46. The molecule has 38 heavy (non-hydrogen) atoms. The van der Waals surface area contributed by atoms with Crippen molar-refractivity contribution < 1.29 is 23.5 Å². The van der Waals surface area contributed by atoms with Gasteiger partial charge in [-0.1, -0.05) is 30.3 Å². The lowest BCUT2D eigenvalue weighted by molar-refractivity contribution is -0.120. The molecular formula is C31H27FN2O4. The fraction of sp³-hybridized carbons (Fsp3) is 0.161. The zero-order chi connectivity index (χ0) is 26.8. The second-order valence-corrected chi connectivity index (χ2v) is 9.03. The van der Waals surface area contributed by atoms with E-state index < -0.39 is 12.0 Å². The molecule has 0 spiro atoms. The highest BCUT2D eigenvalue weighted by molar-refractivity contribution is 6.12. The number of carbonyl (C=O) groups excluding carboxylic acids is 2.